The van der Waals surface area contributed by atoms with E-state index in [9.17, 15) is 0 Å². The normalized spacial score (nSPS) is 10.1. The summed E-state index contributed by atoms with van der Waals surface area (Å²) in [7, 11) is 0. The van der Waals surface area contributed by atoms with Gasteiger partial charge in [0, 0.05) is 24.3 Å². The molecule has 1 heterocycles. The van der Waals surface area contributed by atoms with E-state index in [4.69, 9.17) is 10.3 Å². The summed E-state index contributed by atoms with van der Waals surface area (Å²) in [6.45, 7) is 0.742. The fraction of sp³-hybridized carbons (Fsp3) is 0.200. The van der Waals surface area contributed by atoms with Crippen molar-refractivity contribution < 1.29 is 4.52 Å². The molecule has 0 unspecified atom stereocenters. The summed E-state index contributed by atoms with van der Waals surface area (Å²) in [4.78, 5) is 3.92. The minimum atomic E-state index is 0.631. The zero-order valence-electron chi connectivity index (χ0n) is 8.18. The van der Waals surface area contributed by atoms with Crippen LogP contribution >= 0.6 is 0 Å². The second-order valence-electron chi connectivity index (χ2n) is 3.14. The highest BCUT2D eigenvalue weighted by Gasteiger charge is 1.98. The van der Waals surface area contributed by atoms with Gasteiger partial charge in [-0.05, 0) is 18.2 Å². The molecule has 15 heavy (non-hydrogen) atoms. The Bertz CT molecular complexity index is 413. The minimum absolute atomic E-state index is 0.631. The number of nitrogens with zero attached hydrogens (tertiary/aromatic N) is 2. The van der Waals surface area contributed by atoms with E-state index in [2.05, 4.69) is 15.5 Å². The molecule has 0 saturated carbocycles. The van der Waals surface area contributed by atoms with Gasteiger partial charge in [0.15, 0.2) is 6.33 Å². The number of aromatic nitrogens is 2. The molecule has 0 fully saturated rings. The minimum Gasteiger partial charge on any atom is -0.399 e. The highest BCUT2D eigenvalue weighted by molar-refractivity contribution is 5.53. The van der Waals surface area contributed by atoms with Crippen LogP contribution < -0.4 is 11.1 Å². The maximum atomic E-state index is 5.64. The quantitative estimate of drug-likeness (QED) is 0.734. The third kappa shape index (κ3) is 2.70. The first kappa shape index (κ1) is 9.51. The first-order valence-electron chi connectivity index (χ1n) is 4.69. The lowest BCUT2D eigenvalue weighted by Gasteiger charge is -2.04. The third-order valence-electron chi connectivity index (χ3n) is 1.96. The van der Waals surface area contributed by atoms with E-state index in [-0.39, 0.29) is 0 Å². The van der Waals surface area contributed by atoms with E-state index < -0.39 is 0 Å². The Kier molecular flexibility index (Phi) is 2.82. The van der Waals surface area contributed by atoms with Crippen molar-refractivity contribution in [2.75, 3.05) is 17.6 Å². The van der Waals surface area contributed by atoms with Crippen LogP contribution in [0, 0.1) is 0 Å². The summed E-state index contributed by atoms with van der Waals surface area (Å²) in [6, 6.07) is 7.60. The van der Waals surface area contributed by atoms with Gasteiger partial charge in [-0.1, -0.05) is 11.2 Å². The summed E-state index contributed by atoms with van der Waals surface area (Å²) in [5, 5.41) is 6.74. The molecule has 0 bridgehead atoms. The van der Waals surface area contributed by atoms with Crippen molar-refractivity contribution in [1.29, 1.82) is 0 Å². The van der Waals surface area contributed by atoms with Gasteiger partial charge in [0.2, 0.25) is 5.89 Å². The van der Waals surface area contributed by atoms with Gasteiger partial charge in [-0.15, -0.1) is 0 Å². The van der Waals surface area contributed by atoms with E-state index in [1.54, 1.807) is 0 Å². The Morgan fingerprint density at radius 2 is 2.33 bits per heavy atom. The van der Waals surface area contributed by atoms with E-state index in [1.807, 2.05) is 24.3 Å². The van der Waals surface area contributed by atoms with Crippen LogP contribution in [0.3, 0.4) is 0 Å². The number of hydrogen-bond acceptors (Lipinski definition) is 5. The summed E-state index contributed by atoms with van der Waals surface area (Å²) >= 11 is 0. The molecule has 1 aromatic heterocycles. The molecule has 0 aliphatic heterocycles. The summed E-state index contributed by atoms with van der Waals surface area (Å²) in [6.07, 6.45) is 2.10. The molecule has 5 heteroatoms. The van der Waals surface area contributed by atoms with E-state index >= 15 is 0 Å². The molecule has 3 N–H and O–H groups in total. The predicted molar refractivity (Wildman–Crippen MR) is 57.3 cm³/mol. The molecule has 0 aliphatic rings. The molecule has 1 aromatic carbocycles. The second kappa shape index (κ2) is 4.45. The predicted octanol–water partition coefficient (Wildman–Crippen LogP) is 1.31. The van der Waals surface area contributed by atoms with Crippen LogP contribution in [0.1, 0.15) is 5.89 Å². The van der Waals surface area contributed by atoms with Crippen LogP contribution in [-0.2, 0) is 6.42 Å². The number of nitrogens with one attached hydrogen (secondary N) is 1. The van der Waals surface area contributed by atoms with Crippen molar-refractivity contribution in [3.8, 4) is 0 Å². The first-order valence-corrected chi connectivity index (χ1v) is 4.69. The summed E-state index contributed by atoms with van der Waals surface area (Å²) in [5.41, 5.74) is 7.39. The van der Waals surface area contributed by atoms with Crippen LogP contribution in [0.15, 0.2) is 35.1 Å². The molecule has 0 amide bonds. The van der Waals surface area contributed by atoms with Crippen molar-refractivity contribution in [1.82, 2.24) is 10.1 Å². The van der Waals surface area contributed by atoms with E-state index in [1.165, 1.54) is 6.33 Å². The van der Waals surface area contributed by atoms with Gasteiger partial charge in [-0.25, -0.2) is 0 Å². The van der Waals surface area contributed by atoms with Gasteiger partial charge < -0.3 is 15.6 Å². The van der Waals surface area contributed by atoms with Crippen molar-refractivity contribution in [3.05, 3.63) is 36.5 Å². The van der Waals surface area contributed by atoms with Gasteiger partial charge in [0.1, 0.15) is 0 Å². The summed E-state index contributed by atoms with van der Waals surface area (Å²) in [5.74, 6) is 0.631. The van der Waals surface area contributed by atoms with Crippen molar-refractivity contribution >= 4 is 11.4 Å². The SMILES string of the molecule is Nc1cccc(NCCc2ncno2)c1. The zero-order valence-corrected chi connectivity index (χ0v) is 8.18. The highest BCUT2D eigenvalue weighted by atomic mass is 16.5. The van der Waals surface area contributed by atoms with Crippen molar-refractivity contribution in [2.45, 2.75) is 6.42 Å². The molecule has 0 radical (unpaired) electrons. The molecule has 2 aromatic rings. The third-order valence-corrected chi connectivity index (χ3v) is 1.96. The van der Waals surface area contributed by atoms with Crippen molar-refractivity contribution in [3.63, 3.8) is 0 Å². The molecule has 0 atom stereocenters. The summed E-state index contributed by atoms with van der Waals surface area (Å²) < 4.78 is 4.87. The molecule has 0 aliphatic carbocycles. The molecular weight excluding hydrogens is 192 g/mol. The van der Waals surface area contributed by atoms with E-state index in [0.29, 0.717) is 12.3 Å². The largest absolute Gasteiger partial charge is 0.399 e. The molecule has 0 saturated heterocycles. The lowest BCUT2D eigenvalue weighted by molar-refractivity contribution is 0.380. The van der Waals surface area contributed by atoms with Crippen LogP contribution in [0.2, 0.25) is 0 Å². The zero-order chi connectivity index (χ0) is 10.5. The topological polar surface area (TPSA) is 77.0 Å². The first-order chi connectivity index (χ1) is 7.34. The molecular formula is C10H12N4O. The van der Waals surface area contributed by atoms with E-state index in [0.717, 1.165) is 17.9 Å². The maximum absolute atomic E-state index is 5.64. The Labute approximate surface area is 87.3 Å². The fourth-order valence-corrected chi connectivity index (χ4v) is 1.27. The molecule has 5 nitrogen and oxygen atoms in total. The van der Waals surface area contributed by atoms with Crippen LogP contribution in [0.4, 0.5) is 11.4 Å². The Balaban J connectivity index is 1.83. The van der Waals surface area contributed by atoms with Gasteiger partial charge >= 0.3 is 0 Å². The maximum Gasteiger partial charge on any atom is 0.228 e. The molecule has 2 rings (SSSR count). The lowest BCUT2D eigenvalue weighted by Crippen LogP contribution is -2.05. The van der Waals surface area contributed by atoms with Crippen molar-refractivity contribution in [2.24, 2.45) is 0 Å². The number of hydrogen-bond donors (Lipinski definition) is 2. The molecule has 0 spiro atoms. The fourth-order valence-electron chi connectivity index (χ4n) is 1.27. The number of nitrogen functional groups attached to an aromatic ring is 1. The number of rotatable bonds is 4. The number of anilines is 2. The second-order valence-corrected chi connectivity index (χ2v) is 3.14. The van der Waals surface area contributed by atoms with Gasteiger partial charge in [-0.3, -0.25) is 0 Å². The van der Waals surface area contributed by atoms with Crippen LogP contribution in [0.25, 0.3) is 0 Å². The number of benzene rings is 1. The van der Waals surface area contributed by atoms with Crippen LogP contribution in [-0.4, -0.2) is 16.7 Å². The standard InChI is InChI=1S/C10H12N4O/c11-8-2-1-3-9(6-8)12-5-4-10-13-7-14-15-10/h1-3,6-7,12H,4-5,11H2. The molecule has 78 valence electrons. The van der Waals surface area contributed by atoms with Gasteiger partial charge in [-0.2, -0.15) is 4.98 Å². The lowest BCUT2D eigenvalue weighted by atomic mass is 10.3. The Hall–Kier alpha value is -2.04. The average molecular weight is 204 g/mol. The van der Waals surface area contributed by atoms with Gasteiger partial charge in [0.05, 0.1) is 0 Å². The Morgan fingerprint density at radius 1 is 1.40 bits per heavy atom. The smallest absolute Gasteiger partial charge is 0.228 e. The van der Waals surface area contributed by atoms with Crippen LogP contribution in [0.5, 0.6) is 0 Å². The Morgan fingerprint density at radius 3 is 3.07 bits per heavy atom. The monoisotopic (exact) mass is 204 g/mol. The number of nitrogens with two attached hydrogens (primary N) is 1. The highest BCUT2D eigenvalue weighted by Crippen LogP contribution is 2.11. The average Bonchev–Trinajstić information content (AvgIpc) is 2.71. The van der Waals surface area contributed by atoms with Gasteiger partial charge in [0.25, 0.3) is 0 Å².